The van der Waals surface area contributed by atoms with Gasteiger partial charge in [-0.05, 0) is 32.0 Å². The van der Waals surface area contributed by atoms with Gasteiger partial charge in [-0.3, -0.25) is 4.79 Å². The number of aryl methyl sites for hydroxylation is 1. The number of ether oxygens (including phenoxy) is 1. The number of pyridine rings is 1. The van der Waals surface area contributed by atoms with Crippen molar-refractivity contribution in [3.05, 3.63) is 65.6 Å². The topological polar surface area (TPSA) is 69.0 Å². The number of rotatable bonds is 4. The number of methoxy groups -OCH3 is 1. The highest BCUT2D eigenvalue weighted by Crippen LogP contribution is 2.20. The molecule has 6 nitrogen and oxygen atoms in total. The van der Waals surface area contributed by atoms with E-state index >= 15 is 0 Å². The Balaban J connectivity index is 1.88. The van der Waals surface area contributed by atoms with Gasteiger partial charge in [0.05, 0.1) is 41.6 Å². The molecule has 1 aromatic carbocycles. The summed E-state index contributed by atoms with van der Waals surface area (Å²) < 4.78 is 6.79. The summed E-state index contributed by atoms with van der Waals surface area (Å²) in [6, 6.07) is 13.2. The Labute approximate surface area is 140 Å². The van der Waals surface area contributed by atoms with Crippen LogP contribution in [0.25, 0.3) is 5.69 Å². The van der Waals surface area contributed by atoms with Gasteiger partial charge in [-0.1, -0.05) is 18.2 Å². The summed E-state index contributed by atoms with van der Waals surface area (Å²) in [6.07, 6.45) is 1.56. The quantitative estimate of drug-likeness (QED) is 0.801. The second-order valence-electron chi connectivity index (χ2n) is 5.34. The normalized spacial score (nSPS) is 10.5. The molecule has 1 amide bonds. The van der Waals surface area contributed by atoms with E-state index < -0.39 is 0 Å². The summed E-state index contributed by atoms with van der Waals surface area (Å²) in [5.41, 5.74) is 3.55. The highest BCUT2D eigenvalue weighted by atomic mass is 16.5. The lowest BCUT2D eigenvalue weighted by atomic mass is 10.2. The van der Waals surface area contributed by atoms with Crippen LogP contribution < -0.4 is 10.1 Å². The van der Waals surface area contributed by atoms with Crippen molar-refractivity contribution in [2.45, 2.75) is 13.8 Å². The average Bonchev–Trinajstić information content (AvgIpc) is 2.91. The summed E-state index contributed by atoms with van der Waals surface area (Å²) in [7, 11) is 1.55. The van der Waals surface area contributed by atoms with Crippen molar-refractivity contribution in [3.63, 3.8) is 0 Å². The Hall–Kier alpha value is -3.15. The molecule has 0 atom stereocenters. The molecule has 3 rings (SSSR count). The van der Waals surface area contributed by atoms with Crippen LogP contribution in [0.4, 0.5) is 5.69 Å². The summed E-state index contributed by atoms with van der Waals surface area (Å²) >= 11 is 0. The Bertz CT molecular complexity index is 855. The molecule has 0 radical (unpaired) electrons. The first kappa shape index (κ1) is 15.7. The first-order valence-corrected chi connectivity index (χ1v) is 7.53. The van der Waals surface area contributed by atoms with E-state index in [2.05, 4.69) is 15.4 Å². The highest BCUT2D eigenvalue weighted by Gasteiger charge is 2.19. The predicted octanol–water partition coefficient (Wildman–Crippen LogP) is 3.15. The number of para-hydroxylation sites is 1. The maximum atomic E-state index is 12.6. The van der Waals surface area contributed by atoms with Crippen LogP contribution >= 0.6 is 0 Å². The second-order valence-corrected chi connectivity index (χ2v) is 5.34. The van der Waals surface area contributed by atoms with Crippen molar-refractivity contribution in [2.75, 3.05) is 12.4 Å². The molecule has 0 saturated heterocycles. The number of anilines is 1. The predicted molar refractivity (Wildman–Crippen MR) is 91.8 cm³/mol. The van der Waals surface area contributed by atoms with Crippen LogP contribution in [0, 0.1) is 13.8 Å². The molecule has 0 spiro atoms. The van der Waals surface area contributed by atoms with E-state index in [4.69, 9.17) is 4.74 Å². The van der Waals surface area contributed by atoms with Gasteiger partial charge >= 0.3 is 0 Å². The maximum Gasteiger partial charge on any atom is 0.259 e. The molecule has 0 saturated carbocycles. The Morgan fingerprint density at radius 2 is 1.88 bits per heavy atom. The van der Waals surface area contributed by atoms with Gasteiger partial charge in [0.2, 0.25) is 5.88 Å². The minimum absolute atomic E-state index is 0.209. The van der Waals surface area contributed by atoms with Gasteiger partial charge in [0.15, 0.2) is 0 Å². The molecule has 0 aliphatic heterocycles. The van der Waals surface area contributed by atoms with Crippen LogP contribution in [-0.2, 0) is 0 Å². The molecule has 3 aromatic rings. The largest absolute Gasteiger partial charge is 0.481 e. The van der Waals surface area contributed by atoms with Crippen LogP contribution in [0.3, 0.4) is 0 Å². The third-order valence-electron chi connectivity index (χ3n) is 3.72. The molecule has 2 aromatic heterocycles. The number of aromatic nitrogens is 3. The summed E-state index contributed by atoms with van der Waals surface area (Å²) in [5, 5.41) is 7.34. The monoisotopic (exact) mass is 322 g/mol. The molecular weight excluding hydrogens is 304 g/mol. The molecule has 0 unspecified atom stereocenters. The molecule has 1 N–H and O–H groups in total. The van der Waals surface area contributed by atoms with E-state index in [1.807, 2.05) is 44.2 Å². The molecule has 0 aliphatic rings. The molecule has 0 bridgehead atoms. The fourth-order valence-electron chi connectivity index (χ4n) is 2.56. The van der Waals surface area contributed by atoms with Crippen molar-refractivity contribution in [2.24, 2.45) is 0 Å². The number of carbonyl (C=O) groups is 1. The smallest absolute Gasteiger partial charge is 0.259 e. The van der Waals surface area contributed by atoms with Crippen molar-refractivity contribution >= 4 is 11.6 Å². The number of nitrogens with one attached hydrogen (secondary N) is 1. The van der Waals surface area contributed by atoms with Gasteiger partial charge in [0.25, 0.3) is 5.91 Å². The van der Waals surface area contributed by atoms with Gasteiger partial charge in [-0.15, -0.1) is 0 Å². The lowest BCUT2D eigenvalue weighted by molar-refractivity contribution is 0.102. The van der Waals surface area contributed by atoms with E-state index in [1.54, 1.807) is 30.1 Å². The molecule has 2 heterocycles. The Morgan fingerprint density at radius 1 is 1.12 bits per heavy atom. The number of benzene rings is 1. The molecule has 6 heteroatoms. The summed E-state index contributed by atoms with van der Waals surface area (Å²) in [4.78, 5) is 16.7. The van der Waals surface area contributed by atoms with E-state index in [9.17, 15) is 4.79 Å². The molecule has 0 aliphatic carbocycles. The maximum absolute atomic E-state index is 12.6. The molecule has 24 heavy (non-hydrogen) atoms. The minimum Gasteiger partial charge on any atom is -0.481 e. The van der Waals surface area contributed by atoms with E-state index in [-0.39, 0.29) is 5.91 Å². The number of hydrogen-bond acceptors (Lipinski definition) is 4. The number of carbonyl (C=O) groups excluding carboxylic acids is 1. The zero-order valence-corrected chi connectivity index (χ0v) is 13.8. The fraction of sp³-hybridized carbons (Fsp3) is 0.167. The van der Waals surface area contributed by atoms with Gasteiger partial charge in [0, 0.05) is 6.07 Å². The lowest BCUT2D eigenvalue weighted by Gasteiger charge is -2.07. The third-order valence-corrected chi connectivity index (χ3v) is 3.72. The Kier molecular flexibility index (Phi) is 4.29. The van der Waals surface area contributed by atoms with Crippen molar-refractivity contribution in [1.82, 2.24) is 14.8 Å². The first-order valence-electron chi connectivity index (χ1n) is 7.53. The average molecular weight is 322 g/mol. The molecular formula is C18H18N4O2. The number of nitrogens with zero attached hydrogens (tertiary/aromatic N) is 3. The van der Waals surface area contributed by atoms with Crippen LogP contribution in [0.1, 0.15) is 21.7 Å². The number of hydrogen-bond donors (Lipinski definition) is 1. The minimum atomic E-state index is -0.209. The third kappa shape index (κ3) is 2.99. The zero-order valence-electron chi connectivity index (χ0n) is 13.8. The fourth-order valence-corrected chi connectivity index (χ4v) is 2.56. The number of amides is 1. The summed E-state index contributed by atoms with van der Waals surface area (Å²) in [5.74, 6) is 0.288. The van der Waals surface area contributed by atoms with Gasteiger partial charge in [-0.25, -0.2) is 9.67 Å². The van der Waals surface area contributed by atoms with E-state index in [1.165, 1.54) is 0 Å². The SMILES string of the molecule is COc1ccc(NC(=O)c2c(C)nn(-c3ccccc3)c2C)cn1. The van der Waals surface area contributed by atoms with Crippen molar-refractivity contribution in [1.29, 1.82) is 0 Å². The highest BCUT2D eigenvalue weighted by molar-refractivity contribution is 6.05. The van der Waals surface area contributed by atoms with E-state index in [0.29, 0.717) is 22.8 Å². The molecule has 0 fully saturated rings. The summed E-state index contributed by atoms with van der Waals surface area (Å²) in [6.45, 7) is 3.71. The van der Waals surface area contributed by atoms with Crippen LogP contribution in [0.5, 0.6) is 5.88 Å². The van der Waals surface area contributed by atoms with E-state index in [0.717, 1.165) is 11.4 Å². The molecule has 122 valence electrons. The second kappa shape index (κ2) is 6.54. The van der Waals surface area contributed by atoms with Crippen molar-refractivity contribution in [3.8, 4) is 11.6 Å². The van der Waals surface area contributed by atoms with Gasteiger partial charge < -0.3 is 10.1 Å². The first-order chi connectivity index (χ1) is 11.6. The van der Waals surface area contributed by atoms with Crippen LogP contribution in [0.15, 0.2) is 48.7 Å². The van der Waals surface area contributed by atoms with Gasteiger partial charge in [-0.2, -0.15) is 5.10 Å². The zero-order chi connectivity index (χ0) is 17.1. The van der Waals surface area contributed by atoms with Crippen LogP contribution in [-0.4, -0.2) is 27.8 Å². The van der Waals surface area contributed by atoms with Crippen molar-refractivity contribution < 1.29 is 9.53 Å². The van der Waals surface area contributed by atoms with Crippen LogP contribution in [0.2, 0.25) is 0 Å². The van der Waals surface area contributed by atoms with Gasteiger partial charge in [0.1, 0.15) is 0 Å². The standard InChI is InChI=1S/C18H18N4O2/c1-12-17(13(2)22(21-12)15-7-5-4-6-8-15)18(23)20-14-9-10-16(24-3)19-11-14/h4-11H,1-3H3,(H,20,23). The Morgan fingerprint density at radius 3 is 2.50 bits per heavy atom. The lowest BCUT2D eigenvalue weighted by Crippen LogP contribution is -2.14.